The zero-order valence-electron chi connectivity index (χ0n) is 15.3. The lowest BCUT2D eigenvalue weighted by Gasteiger charge is -2.12. The molecule has 1 unspecified atom stereocenters. The average molecular weight is 401 g/mol. The zero-order chi connectivity index (χ0) is 19.4. The number of allylic oxidation sites excluding steroid dienone is 1. The van der Waals surface area contributed by atoms with Crippen molar-refractivity contribution in [2.24, 2.45) is 0 Å². The number of aryl methyl sites for hydroxylation is 2. The third-order valence-corrected chi connectivity index (χ3v) is 5.55. The Hall–Kier alpha value is -2.52. The highest BCUT2D eigenvalue weighted by Crippen LogP contribution is 2.28. The Morgan fingerprint density at radius 1 is 1.33 bits per heavy atom. The minimum absolute atomic E-state index is 0.151. The SMILES string of the molecule is C=CCn1c(SC(C)C(=O)Nc2nnc(C)s2)nnc1-c1cccc(C)c1. The maximum absolute atomic E-state index is 12.4. The summed E-state index contributed by atoms with van der Waals surface area (Å²) in [7, 11) is 0. The van der Waals surface area contributed by atoms with Gasteiger partial charge in [0, 0.05) is 12.1 Å². The lowest BCUT2D eigenvalue weighted by molar-refractivity contribution is -0.115. The number of nitrogens with zero attached hydrogens (tertiary/aromatic N) is 5. The number of rotatable bonds is 7. The Morgan fingerprint density at radius 3 is 2.81 bits per heavy atom. The maximum atomic E-state index is 12.4. The van der Waals surface area contributed by atoms with E-state index in [9.17, 15) is 4.79 Å². The van der Waals surface area contributed by atoms with Crippen LogP contribution in [0.25, 0.3) is 11.4 Å². The van der Waals surface area contributed by atoms with Gasteiger partial charge in [0.25, 0.3) is 0 Å². The van der Waals surface area contributed by atoms with Crippen LogP contribution in [0.3, 0.4) is 0 Å². The second-order valence-electron chi connectivity index (χ2n) is 5.95. The first-order valence-corrected chi connectivity index (χ1v) is 10.1. The molecule has 0 aliphatic rings. The average Bonchev–Trinajstić information content (AvgIpc) is 3.22. The molecule has 0 radical (unpaired) electrons. The summed E-state index contributed by atoms with van der Waals surface area (Å²) in [6, 6.07) is 8.09. The molecule has 0 saturated carbocycles. The molecular weight excluding hydrogens is 380 g/mol. The van der Waals surface area contributed by atoms with Crippen LogP contribution >= 0.6 is 23.1 Å². The van der Waals surface area contributed by atoms with Gasteiger partial charge in [0.15, 0.2) is 11.0 Å². The van der Waals surface area contributed by atoms with Crippen molar-refractivity contribution in [1.82, 2.24) is 25.0 Å². The van der Waals surface area contributed by atoms with Crippen molar-refractivity contribution in [2.75, 3.05) is 5.32 Å². The van der Waals surface area contributed by atoms with Crippen LogP contribution in [0.15, 0.2) is 42.1 Å². The first kappa shape index (κ1) is 19.2. The Morgan fingerprint density at radius 2 is 2.15 bits per heavy atom. The molecule has 0 aliphatic carbocycles. The summed E-state index contributed by atoms with van der Waals surface area (Å²) in [6.07, 6.45) is 1.79. The molecule has 3 aromatic rings. The van der Waals surface area contributed by atoms with Crippen LogP contribution in [-0.4, -0.2) is 36.1 Å². The van der Waals surface area contributed by atoms with Crippen LogP contribution in [0, 0.1) is 13.8 Å². The third-order valence-electron chi connectivity index (χ3n) is 3.71. The highest BCUT2D eigenvalue weighted by molar-refractivity contribution is 8.00. The number of aromatic nitrogens is 5. The molecular formula is C18H20N6OS2. The number of amides is 1. The largest absolute Gasteiger partial charge is 0.300 e. The molecule has 9 heteroatoms. The summed E-state index contributed by atoms with van der Waals surface area (Å²) < 4.78 is 1.96. The number of benzene rings is 1. The van der Waals surface area contributed by atoms with Gasteiger partial charge in [0.05, 0.1) is 5.25 Å². The van der Waals surface area contributed by atoms with Gasteiger partial charge in [0.2, 0.25) is 11.0 Å². The highest BCUT2D eigenvalue weighted by atomic mass is 32.2. The van der Waals surface area contributed by atoms with Crippen LogP contribution in [-0.2, 0) is 11.3 Å². The molecule has 140 valence electrons. The number of hydrogen-bond acceptors (Lipinski definition) is 7. The monoisotopic (exact) mass is 400 g/mol. The van der Waals surface area contributed by atoms with Gasteiger partial charge in [-0.2, -0.15) is 0 Å². The topological polar surface area (TPSA) is 85.6 Å². The molecule has 2 aromatic heterocycles. The molecule has 1 atom stereocenters. The van der Waals surface area contributed by atoms with E-state index < -0.39 is 0 Å². The Balaban J connectivity index is 1.79. The summed E-state index contributed by atoms with van der Waals surface area (Å²) >= 11 is 2.69. The number of nitrogens with one attached hydrogen (secondary N) is 1. The van der Waals surface area contributed by atoms with Crippen molar-refractivity contribution >= 4 is 34.1 Å². The second kappa shape index (κ2) is 8.45. The quantitative estimate of drug-likeness (QED) is 0.481. The van der Waals surface area contributed by atoms with Crippen molar-refractivity contribution in [3.63, 3.8) is 0 Å². The van der Waals surface area contributed by atoms with E-state index in [1.165, 1.54) is 23.1 Å². The van der Waals surface area contributed by atoms with E-state index in [0.29, 0.717) is 16.8 Å². The van der Waals surface area contributed by atoms with Gasteiger partial charge in [-0.15, -0.1) is 27.0 Å². The number of anilines is 1. The minimum Gasteiger partial charge on any atom is -0.300 e. The van der Waals surface area contributed by atoms with Gasteiger partial charge in [-0.1, -0.05) is 52.9 Å². The molecule has 0 aliphatic heterocycles. The van der Waals surface area contributed by atoms with Crippen molar-refractivity contribution < 1.29 is 4.79 Å². The standard InChI is InChI=1S/C18H20N6OS2/c1-5-9-24-15(14-8-6-7-11(2)10-14)21-23-18(24)26-12(3)16(25)19-17-22-20-13(4)27-17/h5-8,10,12H,1,9H2,2-4H3,(H,19,22,25). The lowest BCUT2D eigenvalue weighted by Crippen LogP contribution is -2.22. The summed E-state index contributed by atoms with van der Waals surface area (Å²) in [5.41, 5.74) is 2.13. The van der Waals surface area contributed by atoms with Crippen molar-refractivity contribution in [1.29, 1.82) is 0 Å². The normalized spacial score (nSPS) is 12.0. The molecule has 0 spiro atoms. The molecule has 0 fully saturated rings. The van der Waals surface area contributed by atoms with Crippen LogP contribution < -0.4 is 5.32 Å². The fourth-order valence-electron chi connectivity index (χ4n) is 2.43. The first-order chi connectivity index (χ1) is 13.0. The number of carbonyl (C=O) groups excluding carboxylic acids is 1. The fourth-order valence-corrected chi connectivity index (χ4v) is 3.89. The second-order valence-corrected chi connectivity index (χ2v) is 8.44. The molecule has 27 heavy (non-hydrogen) atoms. The van der Waals surface area contributed by atoms with E-state index in [2.05, 4.69) is 38.4 Å². The van der Waals surface area contributed by atoms with Crippen molar-refractivity contribution in [3.05, 3.63) is 47.5 Å². The number of carbonyl (C=O) groups is 1. The van der Waals surface area contributed by atoms with E-state index >= 15 is 0 Å². The smallest absolute Gasteiger partial charge is 0.239 e. The summed E-state index contributed by atoms with van der Waals surface area (Å²) in [5, 5.41) is 20.9. The summed E-state index contributed by atoms with van der Waals surface area (Å²) in [5.74, 6) is 0.606. The van der Waals surface area contributed by atoms with Crippen LogP contribution in [0.4, 0.5) is 5.13 Å². The van der Waals surface area contributed by atoms with Crippen LogP contribution in [0.2, 0.25) is 0 Å². The predicted octanol–water partition coefficient (Wildman–Crippen LogP) is 3.72. The van der Waals surface area contributed by atoms with Crippen molar-refractivity contribution in [2.45, 2.75) is 37.7 Å². The van der Waals surface area contributed by atoms with Gasteiger partial charge < -0.3 is 0 Å². The molecule has 7 nitrogen and oxygen atoms in total. The van der Waals surface area contributed by atoms with Gasteiger partial charge in [-0.3, -0.25) is 14.7 Å². The molecule has 2 heterocycles. The lowest BCUT2D eigenvalue weighted by atomic mass is 10.1. The van der Waals surface area contributed by atoms with E-state index in [-0.39, 0.29) is 11.2 Å². The molecule has 1 N–H and O–H groups in total. The zero-order valence-corrected chi connectivity index (χ0v) is 17.0. The van der Waals surface area contributed by atoms with Gasteiger partial charge >= 0.3 is 0 Å². The first-order valence-electron chi connectivity index (χ1n) is 8.36. The summed E-state index contributed by atoms with van der Waals surface area (Å²) in [4.78, 5) is 12.4. The van der Waals surface area contributed by atoms with Gasteiger partial charge in [-0.05, 0) is 26.8 Å². The molecule has 1 aromatic carbocycles. The maximum Gasteiger partial charge on any atom is 0.239 e. The Labute approximate surface area is 165 Å². The number of thioether (sulfide) groups is 1. The molecule has 0 saturated heterocycles. The number of hydrogen-bond donors (Lipinski definition) is 1. The molecule has 3 rings (SSSR count). The van der Waals surface area contributed by atoms with E-state index in [0.717, 1.165) is 22.0 Å². The fraction of sp³-hybridized carbons (Fsp3) is 0.278. The van der Waals surface area contributed by atoms with E-state index in [1.54, 1.807) is 6.08 Å². The van der Waals surface area contributed by atoms with Gasteiger partial charge in [0.1, 0.15) is 5.01 Å². The minimum atomic E-state index is -0.368. The predicted molar refractivity (Wildman–Crippen MR) is 109 cm³/mol. The van der Waals surface area contributed by atoms with Gasteiger partial charge in [-0.25, -0.2) is 0 Å². The highest BCUT2D eigenvalue weighted by Gasteiger charge is 2.21. The Bertz CT molecular complexity index is 964. The van der Waals surface area contributed by atoms with E-state index in [1.807, 2.05) is 43.5 Å². The third kappa shape index (κ3) is 4.61. The van der Waals surface area contributed by atoms with Crippen LogP contribution in [0.5, 0.6) is 0 Å². The summed E-state index contributed by atoms with van der Waals surface area (Å²) in [6.45, 7) is 10.1. The molecule has 0 bridgehead atoms. The Kier molecular flexibility index (Phi) is 6.02. The van der Waals surface area contributed by atoms with Crippen LogP contribution in [0.1, 0.15) is 17.5 Å². The van der Waals surface area contributed by atoms with E-state index in [4.69, 9.17) is 0 Å². The molecule has 1 amide bonds. The van der Waals surface area contributed by atoms with Crippen molar-refractivity contribution in [3.8, 4) is 11.4 Å².